The minimum Gasteiger partial charge on any atom is -0.328 e. The van der Waals surface area contributed by atoms with Crippen LogP contribution in [0.25, 0.3) is 0 Å². The van der Waals surface area contributed by atoms with Crippen molar-refractivity contribution in [1.29, 1.82) is 0 Å². The van der Waals surface area contributed by atoms with Crippen LogP contribution >= 0.6 is 0 Å². The highest BCUT2D eigenvalue weighted by molar-refractivity contribution is 7.86. The summed E-state index contributed by atoms with van der Waals surface area (Å²) in [7, 11) is 1.12. The Labute approximate surface area is 210 Å². The molecule has 10 heteroatoms. The summed E-state index contributed by atoms with van der Waals surface area (Å²) in [5.74, 6) is -0.265. The van der Waals surface area contributed by atoms with Gasteiger partial charge in [-0.3, -0.25) is 9.11 Å². The maximum absolute atomic E-state index is 10.8. The molecule has 0 aliphatic rings. The Morgan fingerprint density at radius 1 is 0.412 bits per heavy atom. The molecule has 0 spiro atoms. The van der Waals surface area contributed by atoms with Gasteiger partial charge >= 0.3 is 0 Å². The molecular formula is C24H54N2O6S2+2. The van der Waals surface area contributed by atoms with Crippen molar-refractivity contribution in [2.75, 3.05) is 65.9 Å². The van der Waals surface area contributed by atoms with E-state index in [1.54, 1.807) is 0 Å². The Hall–Kier alpha value is -0.260. The van der Waals surface area contributed by atoms with Gasteiger partial charge < -0.3 is 8.97 Å². The van der Waals surface area contributed by atoms with Gasteiger partial charge in [0.05, 0.1) is 65.9 Å². The molecule has 0 unspecified atom stereocenters. The van der Waals surface area contributed by atoms with Crippen LogP contribution in [0.15, 0.2) is 0 Å². The second-order valence-corrected chi connectivity index (χ2v) is 14.4. The van der Waals surface area contributed by atoms with Gasteiger partial charge in [-0.25, -0.2) is 0 Å². The Balaban J connectivity index is 3.54. The third kappa shape index (κ3) is 24.9. The number of unbranched alkanes of at least 4 members (excludes halogenated alkanes) is 11. The van der Waals surface area contributed by atoms with E-state index >= 15 is 0 Å². The quantitative estimate of drug-likeness (QED) is 0.115. The first-order valence-corrected chi connectivity index (χ1v) is 16.4. The minimum atomic E-state index is -3.82. The largest absolute Gasteiger partial charge is 0.328 e. The van der Waals surface area contributed by atoms with Crippen molar-refractivity contribution in [3.8, 4) is 0 Å². The van der Waals surface area contributed by atoms with E-state index in [1.165, 1.54) is 64.2 Å². The summed E-state index contributed by atoms with van der Waals surface area (Å²) < 4.78 is 62.5. The molecule has 0 amide bonds. The summed E-state index contributed by atoms with van der Waals surface area (Å²) in [6, 6.07) is 0. The molecule has 0 saturated carbocycles. The van der Waals surface area contributed by atoms with Gasteiger partial charge in [-0.15, -0.1) is 0 Å². The molecule has 0 saturated heterocycles. The topological polar surface area (TPSA) is 109 Å². The fourth-order valence-corrected chi connectivity index (χ4v) is 5.50. The molecule has 0 radical (unpaired) electrons. The van der Waals surface area contributed by atoms with E-state index in [-0.39, 0.29) is 11.5 Å². The normalized spacial score (nSPS) is 13.5. The predicted octanol–water partition coefficient (Wildman–Crippen LogP) is 4.38. The molecular weight excluding hydrogens is 476 g/mol. The number of quaternary nitrogens is 2. The van der Waals surface area contributed by atoms with Crippen LogP contribution < -0.4 is 0 Å². The molecule has 206 valence electrons. The van der Waals surface area contributed by atoms with Gasteiger partial charge in [-0.1, -0.05) is 38.5 Å². The first-order valence-electron chi connectivity index (χ1n) is 13.2. The lowest BCUT2D eigenvalue weighted by Gasteiger charge is -2.30. The molecule has 0 aromatic heterocycles. The monoisotopic (exact) mass is 530 g/mol. The van der Waals surface area contributed by atoms with Crippen molar-refractivity contribution in [3.63, 3.8) is 0 Å². The SMILES string of the molecule is C[N+](C)(CCCCCCCCCCCC[N+](C)(C)CCCCS(=O)(=O)O)CCCCS(=O)(=O)O. The maximum Gasteiger partial charge on any atom is 0.264 e. The van der Waals surface area contributed by atoms with Crippen LogP contribution in [0.1, 0.15) is 89.9 Å². The molecule has 34 heavy (non-hydrogen) atoms. The van der Waals surface area contributed by atoms with Crippen LogP contribution in [0, 0.1) is 0 Å². The summed E-state index contributed by atoms with van der Waals surface area (Å²) in [5.41, 5.74) is 0. The highest BCUT2D eigenvalue weighted by atomic mass is 32.2. The highest BCUT2D eigenvalue weighted by Crippen LogP contribution is 2.13. The number of nitrogens with zero attached hydrogens (tertiary/aromatic N) is 2. The van der Waals surface area contributed by atoms with Crippen molar-refractivity contribution in [1.82, 2.24) is 0 Å². The van der Waals surface area contributed by atoms with Gasteiger partial charge in [-0.2, -0.15) is 16.8 Å². The molecule has 0 atom stereocenters. The second kappa shape index (κ2) is 17.2. The molecule has 0 heterocycles. The summed E-state index contributed by atoms with van der Waals surface area (Å²) in [6.45, 7) is 4.11. The van der Waals surface area contributed by atoms with Gasteiger partial charge in [0.15, 0.2) is 0 Å². The highest BCUT2D eigenvalue weighted by Gasteiger charge is 2.16. The van der Waals surface area contributed by atoms with Crippen molar-refractivity contribution < 1.29 is 34.9 Å². The predicted molar refractivity (Wildman–Crippen MR) is 141 cm³/mol. The molecule has 0 aromatic rings. The average molecular weight is 531 g/mol. The summed E-state index contributed by atoms with van der Waals surface area (Å²) in [6.07, 6.45) is 15.4. The van der Waals surface area contributed by atoms with Crippen LogP contribution in [0.5, 0.6) is 0 Å². The molecule has 2 N–H and O–H groups in total. The zero-order chi connectivity index (χ0) is 26.1. The fourth-order valence-electron chi connectivity index (χ4n) is 4.37. The molecule has 8 nitrogen and oxygen atoms in total. The lowest BCUT2D eigenvalue weighted by atomic mass is 10.1. The van der Waals surface area contributed by atoms with Gasteiger partial charge in [-0.05, 0) is 51.4 Å². The summed E-state index contributed by atoms with van der Waals surface area (Å²) >= 11 is 0. The molecule has 0 aliphatic carbocycles. The Bertz CT molecular complexity index is 660. The zero-order valence-corrected chi connectivity index (χ0v) is 24.0. The number of hydrogen-bond donors (Lipinski definition) is 2. The lowest BCUT2D eigenvalue weighted by Crippen LogP contribution is -2.41. The Morgan fingerprint density at radius 2 is 0.618 bits per heavy atom. The van der Waals surface area contributed by atoms with E-state index < -0.39 is 20.2 Å². The van der Waals surface area contributed by atoms with Crippen molar-refractivity contribution in [3.05, 3.63) is 0 Å². The van der Waals surface area contributed by atoms with Crippen LogP contribution in [-0.2, 0) is 20.2 Å². The van der Waals surface area contributed by atoms with Crippen molar-refractivity contribution in [2.45, 2.75) is 89.9 Å². The standard InChI is InChI=1S/C24H52N2O6S2/c1-25(2,21-15-17-23-33(27,28)29)19-13-11-9-7-5-6-8-10-12-14-20-26(3,4)22-16-18-24-34(30,31)32/h5-24H2,1-4H3/p+2. The summed E-state index contributed by atoms with van der Waals surface area (Å²) in [4.78, 5) is 0. The van der Waals surface area contributed by atoms with E-state index in [0.29, 0.717) is 12.8 Å². The van der Waals surface area contributed by atoms with Crippen LogP contribution in [-0.4, -0.2) is 101 Å². The van der Waals surface area contributed by atoms with Crippen molar-refractivity contribution in [2.24, 2.45) is 0 Å². The molecule has 0 aromatic carbocycles. The van der Waals surface area contributed by atoms with Gasteiger partial charge in [0.1, 0.15) is 0 Å². The van der Waals surface area contributed by atoms with Gasteiger partial charge in [0, 0.05) is 0 Å². The number of rotatable bonds is 23. The minimum absolute atomic E-state index is 0.133. The first kappa shape index (κ1) is 33.7. The molecule has 0 fully saturated rings. The van der Waals surface area contributed by atoms with E-state index in [4.69, 9.17) is 9.11 Å². The Morgan fingerprint density at radius 3 is 0.853 bits per heavy atom. The van der Waals surface area contributed by atoms with Gasteiger partial charge in [0.25, 0.3) is 20.2 Å². The molecule has 0 bridgehead atoms. The summed E-state index contributed by atoms with van der Waals surface area (Å²) in [5, 5.41) is 0. The van der Waals surface area contributed by atoms with Crippen LogP contribution in [0.3, 0.4) is 0 Å². The van der Waals surface area contributed by atoms with E-state index in [2.05, 4.69) is 28.2 Å². The van der Waals surface area contributed by atoms with Gasteiger partial charge in [0.2, 0.25) is 0 Å². The molecule has 0 aliphatic heterocycles. The third-order valence-electron chi connectivity index (χ3n) is 6.61. The second-order valence-electron chi connectivity index (χ2n) is 11.3. The van der Waals surface area contributed by atoms with E-state index in [9.17, 15) is 16.8 Å². The van der Waals surface area contributed by atoms with Crippen molar-refractivity contribution >= 4 is 20.2 Å². The Kier molecular flexibility index (Phi) is 17.1. The van der Waals surface area contributed by atoms with Crippen LogP contribution in [0.2, 0.25) is 0 Å². The van der Waals surface area contributed by atoms with E-state index in [1.807, 2.05) is 0 Å². The fraction of sp³-hybridized carbons (Fsp3) is 1.00. The first-order chi connectivity index (χ1) is 15.6. The lowest BCUT2D eigenvalue weighted by molar-refractivity contribution is -0.890. The number of hydrogen-bond acceptors (Lipinski definition) is 4. The zero-order valence-electron chi connectivity index (χ0n) is 22.4. The molecule has 0 rings (SSSR count). The smallest absolute Gasteiger partial charge is 0.264 e. The van der Waals surface area contributed by atoms with Crippen LogP contribution in [0.4, 0.5) is 0 Å². The third-order valence-corrected chi connectivity index (χ3v) is 8.22. The van der Waals surface area contributed by atoms with E-state index in [0.717, 1.165) is 48.0 Å². The average Bonchev–Trinajstić information content (AvgIpc) is 2.68. The maximum atomic E-state index is 10.8.